The van der Waals surface area contributed by atoms with Gasteiger partial charge in [-0.15, -0.1) is 0 Å². The predicted molar refractivity (Wildman–Crippen MR) is 110 cm³/mol. The molecule has 0 aliphatic heterocycles. The fraction of sp³-hybridized carbons (Fsp3) is 0.227. The normalized spacial score (nSPS) is 11.2. The Labute approximate surface area is 162 Å². The van der Waals surface area contributed by atoms with Crippen molar-refractivity contribution in [1.29, 1.82) is 0 Å². The minimum Gasteiger partial charge on any atom is -0.497 e. The zero-order valence-electron chi connectivity index (χ0n) is 15.9. The Kier molecular flexibility index (Phi) is 4.69. The maximum absolute atomic E-state index is 11.4. The van der Waals surface area contributed by atoms with E-state index < -0.39 is 0 Å². The second-order valence-electron chi connectivity index (χ2n) is 6.77. The van der Waals surface area contributed by atoms with Gasteiger partial charge in [-0.25, -0.2) is 4.52 Å². The van der Waals surface area contributed by atoms with Crippen LogP contribution in [0.2, 0.25) is 0 Å². The summed E-state index contributed by atoms with van der Waals surface area (Å²) in [5, 5.41) is 17.8. The number of ether oxygens (including phenoxy) is 1. The molecule has 0 N–H and O–H groups in total. The summed E-state index contributed by atoms with van der Waals surface area (Å²) >= 11 is 0. The van der Waals surface area contributed by atoms with Gasteiger partial charge in [-0.2, -0.15) is 5.10 Å². The van der Waals surface area contributed by atoms with E-state index in [2.05, 4.69) is 12.0 Å². The lowest BCUT2D eigenvalue weighted by molar-refractivity contribution is -0.384. The summed E-state index contributed by atoms with van der Waals surface area (Å²) < 4.78 is 7.23. The van der Waals surface area contributed by atoms with Crippen LogP contribution in [-0.4, -0.2) is 21.6 Å². The lowest BCUT2D eigenvalue weighted by Crippen LogP contribution is -2.03. The second-order valence-corrected chi connectivity index (χ2v) is 6.77. The van der Waals surface area contributed by atoms with E-state index in [4.69, 9.17) is 4.74 Å². The Morgan fingerprint density at radius 2 is 1.89 bits per heavy atom. The van der Waals surface area contributed by atoms with Crippen LogP contribution in [0.4, 0.5) is 5.69 Å². The van der Waals surface area contributed by atoms with E-state index in [-0.39, 0.29) is 10.6 Å². The number of methoxy groups -OCH3 is 1. The highest BCUT2D eigenvalue weighted by Gasteiger charge is 2.19. The molecule has 0 atom stereocenters. The summed E-state index contributed by atoms with van der Waals surface area (Å²) in [6.45, 7) is 2.14. The van der Waals surface area contributed by atoms with Gasteiger partial charge in [0.2, 0.25) is 0 Å². The molecule has 2 heterocycles. The van der Waals surface area contributed by atoms with Gasteiger partial charge in [-0.3, -0.25) is 10.1 Å². The lowest BCUT2D eigenvalue weighted by atomic mass is 9.94. The highest BCUT2D eigenvalue weighted by Crippen LogP contribution is 2.36. The second kappa shape index (κ2) is 7.31. The maximum Gasteiger partial charge on any atom is 0.270 e. The van der Waals surface area contributed by atoms with Gasteiger partial charge in [0.25, 0.3) is 5.69 Å². The van der Waals surface area contributed by atoms with E-state index in [1.165, 1.54) is 0 Å². The maximum atomic E-state index is 11.4. The zero-order chi connectivity index (χ0) is 19.7. The van der Waals surface area contributed by atoms with Crippen molar-refractivity contribution in [3.8, 4) is 17.0 Å². The number of nitro benzene ring substituents is 1. The molecule has 0 aliphatic carbocycles. The van der Waals surface area contributed by atoms with Crippen LogP contribution in [0.15, 0.2) is 54.7 Å². The van der Waals surface area contributed by atoms with E-state index in [0.717, 1.165) is 58.1 Å². The van der Waals surface area contributed by atoms with Crippen LogP contribution in [0.3, 0.4) is 0 Å². The van der Waals surface area contributed by atoms with Gasteiger partial charge in [0.05, 0.1) is 29.4 Å². The van der Waals surface area contributed by atoms with Crippen LogP contribution in [0.25, 0.3) is 27.5 Å². The highest BCUT2D eigenvalue weighted by atomic mass is 16.6. The molecule has 2 aromatic heterocycles. The van der Waals surface area contributed by atoms with Gasteiger partial charge in [0, 0.05) is 23.1 Å². The molecule has 0 bridgehead atoms. The number of nitro groups is 1. The number of unbranched alkanes of at least 4 members (excludes halogenated alkanes) is 1. The van der Waals surface area contributed by atoms with Gasteiger partial charge in [-0.05, 0) is 60.2 Å². The van der Waals surface area contributed by atoms with Crippen molar-refractivity contribution in [3.63, 3.8) is 0 Å². The molecule has 0 aliphatic rings. The fourth-order valence-electron chi connectivity index (χ4n) is 3.71. The average Bonchev–Trinajstić information content (AvgIpc) is 3.21. The topological polar surface area (TPSA) is 69.7 Å². The van der Waals surface area contributed by atoms with E-state index in [0.29, 0.717) is 0 Å². The van der Waals surface area contributed by atoms with E-state index in [1.54, 1.807) is 25.4 Å². The molecule has 0 saturated heterocycles. The molecule has 2 aromatic carbocycles. The number of aromatic nitrogens is 2. The number of benzene rings is 2. The number of non-ortho nitro benzene ring substituents is 1. The molecule has 0 spiro atoms. The van der Waals surface area contributed by atoms with Gasteiger partial charge in [0.1, 0.15) is 5.75 Å². The Balaban J connectivity index is 2.09. The number of pyridine rings is 1. The average molecular weight is 375 g/mol. The van der Waals surface area contributed by atoms with Crippen molar-refractivity contribution in [2.45, 2.75) is 26.2 Å². The van der Waals surface area contributed by atoms with Crippen LogP contribution in [-0.2, 0) is 6.42 Å². The van der Waals surface area contributed by atoms with E-state index in [1.807, 2.05) is 40.9 Å². The van der Waals surface area contributed by atoms with Gasteiger partial charge < -0.3 is 4.74 Å². The van der Waals surface area contributed by atoms with Crippen molar-refractivity contribution in [2.75, 3.05) is 7.11 Å². The van der Waals surface area contributed by atoms with Crippen molar-refractivity contribution in [1.82, 2.24) is 9.61 Å². The van der Waals surface area contributed by atoms with Crippen LogP contribution in [0.5, 0.6) is 5.75 Å². The van der Waals surface area contributed by atoms with Crippen LogP contribution < -0.4 is 4.74 Å². The molecule has 0 radical (unpaired) electrons. The smallest absolute Gasteiger partial charge is 0.270 e. The molecule has 0 amide bonds. The first kappa shape index (κ1) is 18.0. The molecule has 6 nitrogen and oxygen atoms in total. The number of nitrogens with zero attached hydrogens (tertiary/aromatic N) is 3. The van der Waals surface area contributed by atoms with Crippen molar-refractivity contribution < 1.29 is 9.66 Å². The van der Waals surface area contributed by atoms with E-state index >= 15 is 0 Å². The number of fused-ring (bicyclic) bond motifs is 3. The predicted octanol–water partition coefficient (Wildman–Crippen LogP) is 5.41. The summed E-state index contributed by atoms with van der Waals surface area (Å²) in [6.07, 6.45) is 4.63. The number of rotatable bonds is 6. The monoisotopic (exact) mass is 375 g/mol. The van der Waals surface area contributed by atoms with Crippen LogP contribution in [0.1, 0.15) is 25.3 Å². The zero-order valence-corrected chi connectivity index (χ0v) is 15.9. The lowest BCUT2D eigenvalue weighted by Gasteiger charge is -2.16. The summed E-state index contributed by atoms with van der Waals surface area (Å²) in [4.78, 5) is 11.0. The quantitative estimate of drug-likeness (QED) is 0.333. The largest absolute Gasteiger partial charge is 0.497 e. The molecule has 142 valence electrons. The summed E-state index contributed by atoms with van der Waals surface area (Å²) in [5.74, 6) is 0.784. The Morgan fingerprint density at radius 3 is 2.57 bits per heavy atom. The Hall–Kier alpha value is -3.41. The first-order chi connectivity index (χ1) is 13.6. The van der Waals surface area contributed by atoms with Crippen molar-refractivity contribution in [3.05, 3.63) is 70.4 Å². The van der Waals surface area contributed by atoms with Crippen molar-refractivity contribution >= 4 is 22.0 Å². The molecule has 6 heteroatoms. The third-order valence-corrected chi connectivity index (χ3v) is 5.10. The number of aryl methyl sites for hydroxylation is 1. The first-order valence-electron chi connectivity index (χ1n) is 9.35. The molecule has 0 saturated carbocycles. The molecular formula is C22H21N3O3. The summed E-state index contributed by atoms with van der Waals surface area (Å²) in [5.41, 5.74) is 4.12. The highest BCUT2D eigenvalue weighted by molar-refractivity contribution is 6.02. The first-order valence-corrected chi connectivity index (χ1v) is 9.35. The summed E-state index contributed by atoms with van der Waals surface area (Å²) in [7, 11) is 1.64. The molecular weight excluding hydrogens is 354 g/mol. The third kappa shape index (κ3) is 2.97. The fourth-order valence-corrected chi connectivity index (χ4v) is 3.71. The Morgan fingerprint density at radius 1 is 1.11 bits per heavy atom. The minimum absolute atomic E-state index is 0.106. The van der Waals surface area contributed by atoms with Crippen molar-refractivity contribution in [2.24, 2.45) is 0 Å². The molecule has 28 heavy (non-hydrogen) atoms. The minimum atomic E-state index is -0.337. The van der Waals surface area contributed by atoms with Gasteiger partial charge >= 0.3 is 0 Å². The number of hydrogen-bond donors (Lipinski definition) is 0. The van der Waals surface area contributed by atoms with Crippen LogP contribution in [0, 0.1) is 10.1 Å². The SMILES string of the molecule is CCCCc1c(-c2ccc(OC)cc2)n2nccc2c2ccc([N+](=O)[O-])cc12. The van der Waals surface area contributed by atoms with E-state index in [9.17, 15) is 10.1 Å². The Bertz CT molecular complexity index is 1160. The molecule has 0 fully saturated rings. The standard InChI is InChI=1S/C22H21N3O3/c1-3-4-5-19-20-14-16(25(26)27)8-11-18(20)21-12-13-23-24(21)22(19)15-6-9-17(28-2)10-7-15/h6-14H,3-5H2,1-2H3. The number of hydrogen-bond acceptors (Lipinski definition) is 4. The molecule has 4 rings (SSSR count). The van der Waals surface area contributed by atoms with Gasteiger partial charge in [-0.1, -0.05) is 13.3 Å². The third-order valence-electron chi connectivity index (χ3n) is 5.10. The summed E-state index contributed by atoms with van der Waals surface area (Å²) in [6, 6.07) is 14.9. The molecule has 0 unspecified atom stereocenters. The van der Waals surface area contributed by atoms with Crippen LogP contribution >= 0.6 is 0 Å². The molecule has 4 aromatic rings. The van der Waals surface area contributed by atoms with Gasteiger partial charge in [0.15, 0.2) is 0 Å².